The minimum atomic E-state index is -0.418. The maximum atomic E-state index is 5.87. The van der Waals surface area contributed by atoms with Gasteiger partial charge in [-0.05, 0) is 46.8 Å². The Bertz CT molecular complexity index is 373. The third-order valence-corrected chi connectivity index (χ3v) is 3.31. The molecule has 0 bridgehead atoms. The first-order chi connectivity index (χ1) is 7.32. The lowest BCUT2D eigenvalue weighted by Crippen LogP contribution is -2.41. The van der Waals surface area contributed by atoms with Crippen molar-refractivity contribution in [2.24, 2.45) is 0 Å². The monoisotopic (exact) mass is 220 g/mol. The fraction of sp³-hybridized carbons (Fsp3) is 0.636. The van der Waals surface area contributed by atoms with Crippen LogP contribution >= 0.6 is 0 Å². The van der Waals surface area contributed by atoms with Crippen molar-refractivity contribution in [2.75, 3.05) is 0 Å². The van der Waals surface area contributed by atoms with Gasteiger partial charge in [0.25, 0.3) is 0 Å². The van der Waals surface area contributed by atoms with E-state index in [0.717, 1.165) is 11.3 Å². The van der Waals surface area contributed by atoms with Crippen molar-refractivity contribution in [3.8, 4) is 0 Å². The maximum Gasteiger partial charge on any atom is 0.516 e. The molecule has 0 saturated carbocycles. The van der Waals surface area contributed by atoms with Crippen molar-refractivity contribution in [3.63, 3.8) is 0 Å². The standard InChI is InChI=1S/C11H17BN2O2/c1-8-6-7-9(14-13-8)12-15-10(2,3)11(4,5)16-12/h6-7H,1-5H3. The Morgan fingerprint density at radius 2 is 1.56 bits per heavy atom. The molecule has 4 nitrogen and oxygen atoms in total. The molecule has 1 aliphatic rings. The summed E-state index contributed by atoms with van der Waals surface area (Å²) >= 11 is 0. The quantitative estimate of drug-likeness (QED) is 0.664. The van der Waals surface area contributed by atoms with Gasteiger partial charge in [-0.15, -0.1) is 0 Å². The zero-order chi connectivity index (χ0) is 12.0. The van der Waals surface area contributed by atoms with E-state index in [0.29, 0.717) is 0 Å². The summed E-state index contributed by atoms with van der Waals surface area (Å²) in [5.74, 6) is 0. The van der Waals surface area contributed by atoms with E-state index in [2.05, 4.69) is 10.2 Å². The first-order valence-corrected chi connectivity index (χ1v) is 5.48. The van der Waals surface area contributed by atoms with E-state index < -0.39 is 7.12 Å². The van der Waals surface area contributed by atoms with Gasteiger partial charge in [-0.1, -0.05) is 0 Å². The smallest absolute Gasteiger partial charge is 0.398 e. The molecule has 0 spiro atoms. The summed E-state index contributed by atoms with van der Waals surface area (Å²) in [4.78, 5) is 0. The van der Waals surface area contributed by atoms with E-state index in [1.807, 2.05) is 46.8 Å². The number of hydrogen-bond acceptors (Lipinski definition) is 4. The van der Waals surface area contributed by atoms with Crippen LogP contribution in [0.2, 0.25) is 0 Å². The summed E-state index contributed by atoms with van der Waals surface area (Å²) in [7, 11) is -0.418. The lowest BCUT2D eigenvalue weighted by molar-refractivity contribution is 0.00578. The first kappa shape index (κ1) is 11.5. The summed E-state index contributed by atoms with van der Waals surface area (Å²) in [5, 5.41) is 8.10. The lowest BCUT2D eigenvalue weighted by Gasteiger charge is -2.32. The number of aromatic nitrogens is 2. The summed E-state index contributed by atoms with van der Waals surface area (Å²) in [5.41, 5.74) is 0.957. The molecular weight excluding hydrogens is 203 g/mol. The summed E-state index contributed by atoms with van der Waals surface area (Å²) in [6.07, 6.45) is 0. The molecular formula is C11H17BN2O2. The molecule has 2 rings (SSSR count). The summed E-state index contributed by atoms with van der Waals surface area (Å²) in [6, 6.07) is 3.80. The predicted octanol–water partition coefficient (Wildman–Crippen LogP) is 1.08. The fourth-order valence-electron chi connectivity index (χ4n) is 1.50. The van der Waals surface area contributed by atoms with Crippen LogP contribution in [0.15, 0.2) is 12.1 Å². The average Bonchev–Trinajstić information content (AvgIpc) is 2.37. The van der Waals surface area contributed by atoms with Crippen LogP contribution in [-0.2, 0) is 9.31 Å². The molecule has 0 aromatic carbocycles. The van der Waals surface area contributed by atoms with Crippen LogP contribution in [0, 0.1) is 6.92 Å². The summed E-state index contributed by atoms with van der Waals surface area (Å²) in [6.45, 7) is 9.99. The van der Waals surface area contributed by atoms with Gasteiger partial charge in [0.15, 0.2) is 0 Å². The van der Waals surface area contributed by atoms with Crippen molar-refractivity contribution >= 4 is 12.7 Å². The molecule has 1 aromatic rings. The fourth-order valence-corrected chi connectivity index (χ4v) is 1.50. The number of rotatable bonds is 1. The van der Waals surface area contributed by atoms with Crippen molar-refractivity contribution in [1.82, 2.24) is 10.2 Å². The van der Waals surface area contributed by atoms with Crippen LogP contribution in [0.5, 0.6) is 0 Å². The second-order valence-electron chi connectivity index (χ2n) is 5.19. The van der Waals surface area contributed by atoms with Gasteiger partial charge in [-0.25, -0.2) is 0 Å². The van der Waals surface area contributed by atoms with Crippen LogP contribution in [0.25, 0.3) is 0 Å². The van der Waals surface area contributed by atoms with E-state index in [-0.39, 0.29) is 11.2 Å². The molecule has 0 amide bonds. The normalized spacial score (nSPS) is 22.4. The molecule has 1 aromatic heterocycles. The van der Waals surface area contributed by atoms with Crippen LogP contribution in [-0.4, -0.2) is 28.5 Å². The second-order valence-corrected chi connectivity index (χ2v) is 5.19. The summed E-state index contributed by atoms with van der Waals surface area (Å²) < 4.78 is 11.7. The Hall–Kier alpha value is -0.935. The Kier molecular flexibility index (Phi) is 2.55. The SMILES string of the molecule is Cc1ccc(B2OC(C)(C)C(C)(C)O2)nn1. The second kappa shape index (κ2) is 3.53. The van der Waals surface area contributed by atoms with E-state index in [9.17, 15) is 0 Å². The zero-order valence-corrected chi connectivity index (χ0v) is 10.4. The molecule has 1 aliphatic heterocycles. The molecule has 16 heavy (non-hydrogen) atoms. The van der Waals surface area contributed by atoms with Gasteiger partial charge in [0, 0.05) is 0 Å². The molecule has 2 heterocycles. The van der Waals surface area contributed by atoms with Gasteiger partial charge in [-0.3, -0.25) is 0 Å². The van der Waals surface area contributed by atoms with Crippen molar-refractivity contribution in [1.29, 1.82) is 0 Å². The third-order valence-electron chi connectivity index (χ3n) is 3.31. The van der Waals surface area contributed by atoms with Crippen LogP contribution < -0.4 is 5.59 Å². The van der Waals surface area contributed by atoms with Crippen molar-refractivity contribution < 1.29 is 9.31 Å². The Balaban J connectivity index is 2.23. The molecule has 0 atom stereocenters. The minimum absolute atomic E-state index is 0.329. The van der Waals surface area contributed by atoms with Crippen LogP contribution in [0.3, 0.4) is 0 Å². The molecule has 0 aliphatic carbocycles. The maximum absolute atomic E-state index is 5.87. The number of hydrogen-bond donors (Lipinski definition) is 0. The van der Waals surface area contributed by atoms with Gasteiger partial charge in [0.05, 0.1) is 22.5 Å². The number of aryl methyl sites for hydroxylation is 1. The Morgan fingerprint density at radius 1 is 1.00 bits per heavy atom. The van der Waals surface area contributed by atoms with Gasteiger partial charge in [0.2, 0.25) is 0 Å². The average molecular weight is 220 g/mol. The minimum Gasteiger partial charge on any atom is -0.398 e. The first-order valence-electron chi connectivity index (χ1n) is 5.48. The highest BCUT2D eigenvalue weighted by Crippen LogP contribution is 2.36. The zero-order valence-electron chi connectivity index (χ0n) is 10.4. The highest BCUT2D eigenvalue weighted by Gasteiger charge is 2.52. The highest BCUT2D eigenvalue weighted by atomic mass is 16.7. The number of nitrogens with zero attached hydrogens (tertiary/aromatic N) is 2. The Labute approximate surface area is 96.5 Å². The van der Waals surface area contributed by atoms with Crippen LogP contribution in [0.4, 0.5) is 0 Å². The highest BCUT2D eigenvalue weighted by molar-refractivity contribution is 6.61. The van der Waals surface area contributed by atoms with Crippen LogP contribution in [0.1, 0.15) is 33.4 Å². The molecule has 0 N–H and O–H groups in total. The van der Waals surface area contributed by atoms with E-state index in [1.54, 1.807) is 0 Å². The predicted molar refractivity (Wildman–Crippen MR) is 62.5 cm³/mol. The van der Waals surface area contributed by atoms with E-state index in [4.69, 9.17) is 9.31 Å². The lowest BCUT2D eigenvalue weighted by atomic mass is 9.84. The van der Waals surface area contributed by atoms with Gasteiger partial charge in [0.1, 0.15) is 0 Å². The van der Waals surface area contributed by atoms with Gasteiger partial charge < -0.3 is 9.31 Å². The third kappa shape index (κ3) is 1.85. The molecule has 0 radical (unpaired) electrons. The Morgan fingerprint density at radius 3 is 2.00 bits per heavy atom. The molecule has 86 valence electrons. The largest absolute Gasteiger partial charge is 0.516 e. The van der Waals surface area contributed by atoms with Gasteiger partial charge >= 0.3 is 7.12 Å². The topological polar surface area (TPSA) is 44.2 Å². The van der Waals surface area contributed by atoms with Gasteiger partial charge in [-0.2, -0.15) is 10.2 Å². The molecule has 1 fully saturated rings. The molecule has 0 unspecified atom stereocenters. The molecule has 5 heteroatoms. The van der Waals surface area contributed by atoms with E-state index >= 15 is 0 Å². The van der Waals surface area contributed by atoms with Crippen molar-refractivity contribution in [3.05, 3.63) is 17.8 Å². The van der Waals surface area contributed by atoms with E-state index in [1.165, 1.54) is 0 Å². The molecule has 1 saturated heterocycles. The van der Waals surface area contributed by atoms with Crippen molar-refractivity contribution in [2.45, 2.75) is 45.8 Å².